The molecule has 0 radical (unpaired) electrons. The molecule has 2 saturated carbocycles. The number of esters is 1. The Kier molecular flexibility index (Phi) is 10.7. The van der Waals surface area contributed by atoms with Gasteiger partial charge < -0.3 is 40.6 Å². The van der Waals surface area contributed by atoms with Crippen molar-refractivity contribution >= 4 is 69.3 Å². The summed E-state index contributed by atoms with van der Waals surface area (Å²) in [5.41, 5.74) is 2.50. The number of para-hydroxylation sites is 1. The molecule has 2 unspecified atom stereocenters. The van der Waals surface area contributed by atoms with Gasteiger partial charge in [-0.15, -0.1) is 0 Å². The van der Waals surface area contributed by atoms with Crippen LogP contribution in [0.2, 0.25) is 0 Å². The molecule has 2 aromatic carbocycles. The third kappa shape index (κ3) is 6.95. The summed E-state index contributed by atoms with van der Waals surface area (Å²) in [5, 5.41) is 26.8. The van der Waals surface area contributed by atoms with Crippen LogP contribution in [0.3, 0.4) is 0 Å². The van der Waals surface area contributed by atoms with Crippen LogP contribution >= 0.6 is 0 Å². The molecule has 18 nitrogen and oxygen atoms in total. The van der Waals surface area contributed by atoms with E-state index in [0.717, 1.165) is 10.3 Å². The van der Waals surface area contributed by atoms with E-state index in [1.165, 1.54) is 25.1 Å². The first-order chi connectivity index (χ1) is 27.1. The molecule has 1 heterocycles. The summed E-state index contributed by atoms with van der Waals surface area (Å²) in [4.78, 5) is 114. The van der Waals surface area contributed by atoms with E-state index in [4.69, 9.17) is 15.2 Å². The average molecular weight is 803 g/mol. The highest BCUT2D eigenvalue weighted by Crippen LogP contribution is 2.52. The van der Waals surface area contributed by atoms with Crippen molar-refractivity contribution in [1.29, 1.82) is 0 Å². The van der Waals surface area contributed by atoms with Crippen LogP contribution in [0, 0.1) is 23.7 Å². The number of nitrogens with zero attached hydrogens (tertiary/aromatic N) is 3. The van der Waals surface area contributed by atoms with Gasteiger partial charge in [0, 0.05) is 42.1 Å². The van der Waals surface area contributed by atoms with Crippen molar-refractivity contribution in [2.45, 2.75) is 50.8 Å². The zero-order valence-electron chi connectivity index (χ0n) is 33.1. The lowest BCUT2D eigenvalue weighted by Crippen LogP contribution is -2.74. The number of likely N-dealkylation sites (N-methyl/N-ethyl adjacent to an activating group) is 1. The second kappa shape index (κ2) is 15.0. The fraction of sp³-hybridized carbons (Fsp3) is 0.450. The highest BCUT2D eigenvalue weighted by atomic mass is 16.7. The number of aromatic nitrogens is 1. The minimum absolute atomic E-state index is 0.00956. The number of nitrogens with one attached hydrogen (secondary N) is 2. The third-order valence-corrected chi connectivity index (χ3v) is 11.2. The van der Waals surface area contributed by atoms with Crippen LogP contribution in [-0.2, 0) is 39.9 Å². The van der Waals surface area contributed by atoms with Crippen LogP contribution in [0.15, 0.2) is 36.4 Å². The van der Waals surface area contributed by atoms with E-state index in [2.05, 4.69) is 10.3 Å². The zero-order chi connectivity index (χ0) is 42.8. The lowest BCUT2D eigenvalue weighted by atomic mass is 9.52. The van der Waals surface area contributed by atoms with E-state index in [1.807, 2.05) is 6.07 Å². The molecular weight excluding hydrogens is 756 g/mol. The van der Waals surface area contributed by atoms with Gasteiger partial charge in [0.15, 0.2) is 34.7 Å². The van der Waals surface area contributed by atoms with Gasteiger partial charge in [-0.25, -0.2) is 9.59 Å². The molecule has 3 amide bonds. The number of rotatable bonds is 9. The van der Waals surface area contributed by atoms with Gasteiger partial charge in [0.05, 0.1) is 23.2 Å². The molecule has 6 N–H and O–H groups in total. The Hall–Kier alpha value is -6.14. The molecule has 0 aliphatic heterocycles. The molecule has 1 aromatic heterocycles. The number of H-pyrrole nitrogens is 1. The van der Waals surface area contributed by atoms with Crippen LogP contribution < -0.4 is 16.0 Å². The lowest BCUT2D eigenvalue weighted by Gasteiger charge is -2.52. The number of aliphatic hydroxyl groups is 1. The van der Waals surface area contributed by atoms with Gasteiger partial charge in [-0.1, -0.05) is 18.2 Å². The molecule has 18 heteroatoms. The second-order valence-electron chi connectivity index (χ2n) is 16.4. The van der Waals surface area contributed by atoms with Gasteiger partial charge in [-0.3, -0.25) is 38.6 Å². The minimum atomic E-state index is -2.90. The van der Waals surface area contributed by atoms with E-state index in [9.17, 15) is 48.6 Å². The van der Waals surface area contributed by atoms with Crippen LogP contribution in [0.25, 0.3) is 10.9 Å². The number of primary amides is 1. The maximum atomic E-state index is 14.4. The highest BCUT2D eigenvalue weighted by molar-refractivity contribution is 6.32. The number of ketones is 4. The van der Waals surface area contributed by atoms with Gasteiger partial charge in [0.25, 0.3) is 0 Å². The number of nitrogens with two attached hydrogens (primary N) is 1. The van der Waals surface area contributed by atoms with Gasteiger partial charge in [0.2, 0.25) is 18.6 Å². The first-order valence-electron chi connectivity index (χ1n) is 18.5. The van der Waals surface area contributed by atoms with Crippen molar-refractivity contribution < 1.29 is 58.0 Å². The average Bonchev–Trinajstić information content (AvgIpc) is 3.57. The van der Waals surface area contributed by atoms with Gasteiger partial charge in [0.1, 0.15) is 18.0 Å². The lowest BCUT2D eigenvalue weighted by molar-refractivity contribution is -0.181. The smallest absolute Gasteiger partial charge is 0.413 e. The number of fused-ring (bicyclic) bond motifs is 4. The molecule has 0 spiro atoms. The van der Waals surface area contributed by atoms with E-state index >= 15 is 0 Å². The summed E-state index contributed by atoms with van der Waals surface area (Å²) in [6, 6.07) is 8.96. The number of aromatic amines is 1. The topological polar surface area (TPSA) is 259 Å². The first kappa shape index (κ1) is 41.5. The van der Waals surface area contributed by atoms with E-state index in [-0.39, 0.29) is 29.8 Å². The largest absolute Gasteiger partial charge is 0.505 e. The number of phenols is 1. The van der Waals surface area contributed by atoms with Gasteiger partial charge >= 0.3 is 12.1 Å². The maximum Gasteiger partial charge on any atom is 0.413 e. The summed E-state index contributed by atoms with van der Waals surface area (Å²) < 4.78 is 10.3. The Morgan fingerprint density at radius 1 is 1.00 bits per heavy atom. The number of Topliss-reactive ketones (excluding diaryl/α,β-unsaturated/α-hetero) is 4. The van der Waals surface area contributed by atoms with E-state index < -0.39 is 107 Å². The number of ether oxygens (including phenoxy) is 2. The summed E-state index contributed by atoms with van der Waals surface area (Å²) in [7, 11) is 6.32. The first-order valence-corrected chi connectivity index (χ1v) is 18.5. The highest BCUT2D eigenvalue weighted by Gasteiger charge is 2.69. The summed E-state index contributed by atoms with van der Waals surface area (Å²) in [6.07, 6.45) is -1.12. The zero-order valence-corrected chi connectivity index (χ0v) is 33.1. The summed E-state index contributed by atoms with van der Waals surface area (Å²) in [6.45, 7) is 3.51. The van der Waals surface area contributed by atoms with E-state index in [0.29, 0.717) is 16.8 Å². The predicted molar refractivity (Wildman–Crippen MR) is 206 cm³/mol. The number of anilines is 2. The number of carbonyl (C=O) groups excluding carboxylic acids is 8. The molecule has 6 rings (SSSR count). The van der Waals surface area contributed by atoms with Crippen molar-refractivity contribution in [3.8, 4) is 5.75 Å². The molecule has 308 valence electrons. The number of hydrogen-bond donors (Lipinski definition) is 5. The second-order valence-corrected chi connectivity index (χ2v) is 16.4. The summed E-state index contributed by atoms with van der Waals surface area (Å²) >= 11 is 0. The van der Waals surface area contributed by atoms with Crippen molar-refractivity contribution in [3.63, 3.8) is 0 Å². The molecule has 58 heavy (non-hydrogen) atoms. The van der Waals surface area contributed by atoms with Gasteiger partial charge in [-0.05, 0) is 77.4 Å². The molecular formula is C40H46N6O12. The molecule has 0 bridgehead atoms. The fourth-order valence-corrected chi connectivity index (χ4v) is 8.53. The van der Waals surface area contributed by atoms with Crippen molar-refractivity contribution in [1.82, 2.24) is 14.8 Å². The SMILES string of the molecule is CN(C)c1cc(NC(=O)CN(C(=O)OCOC(=O)c2cc3ccccc3[nH]2)C(C)(C)C)c(O)c2c1C[C@H]1C[C@H]3[C@H](N(C)C)C(=O)C(C(N)=O)C(=O)[C@@]3(O)C(=O)C1C2=O. The monoisotopic (exact) mass is 802 g/mol. The molecule has 6 atom stereocenters. The Labute approximate surface area is 332 Å². The van der Waals surface area contributed by atoms with E-state index in [1.54, 1.807) is 64.0 Å². The van der Waals surface area contributed by atoms with Crippen LogP contribution in [0.5, 0.6) is 5.75 Å². The Bertz CT molecular complexity index is 2240. The van der Waals surface area contributed by atoms with Crippen LogP contribution in [0.1, 0.15) is 53.6 Å². The van der Waals surface area contributed by atoms with Crippen molar-refractivity contribution in [2.75, 3.05) is 51.7 Å². The number of amides is 3. The molecule has 0 saturated heterocycles. The van der Waals surface area contributed by atoms with Crippen LogP contribution in [0.4, 0.5) is 16.2 Å². The summed E-state index contributed by atoms with van der Waals surface area (Å²) in [5.74, 6) is -13.8. The normalized spacial score (nSPS) is 24.1. The predicted octanol–water partition coefficient (Wildman–Crippen LogP) is 1.40. The van der Waals surface area contributed by atoms with Crippen molar-refractivity contribution in [3.05, 3.63) is 53.2 Å². The fourth-order valence-electron chi connectivity index (χ4n) is 8.53. The van der Waals surface area contributed by atoms with Crippen LogP contribution in [-0.4, -0.2) is 131 Å². The standard InChI is InChI=1S/C40H46N6O12/c1-39(2,3)46(38(55)58-17-57-37(54)24-14-18-10-8-9-11-22(18)42-24)16-26(47)43-23-15-25(44(4)5)20-12-19-13-21-30(45(6)7)33(50)29(36(41)53)35(52)40(21,56)34(51)27(19)32(49)28(20)31(23)48/h8-11,14-15,19,21,27,29-30,42,48,56H,12-13,16-17H2,1-7H3,(H2,41,53)(H,43,47)/t19-,21-,27?,29?,30-,40-/m0/s1. The van der Waals surface area contributed by atoms with Gasteiger partial charge in [-0.2, -0.15) is 0 Å². The Morgan fingerprint density at radius 3 is 2.28 bits per heavy atom. The van der Waals surface area contributed by atoms with Crippen molar-refractivity contribution in [2.24, 2.45) is 29.4 Å². The molecule has 3 aliphatic carbocycles. The quantitative estimate of drug-likeness (QED) is 0.0888. The number of aromatic hydroxyl groups is 1. The third-order valence-electron chi connectivity index (χ3n) is 11.2. The Balaban J connectivity index is 1.23. The molecule has 3 aliphatic rings. The molecule has 2 fully saturated rings. The molecule has 3 aromatic rings. The maximum absolute atomic E-state index is 14.4. The number of carbonyl (C=O) groups is 8. The minimum Gasteiger partial charge on any atom is -0.505 e. The number of hydrogen-bond acceptors (Lipinski definition) is 14. The number of phenolic OH excluding ortho intramolecular Hbond substituents is 1. The number of benzene rings is 2. The Morgan fingerprint density at radius 2 is 1.67 bits per heavy atom.